The van der Waals surface area contributed by atoms with Crippen LogP contribution in [0.2, 0.25) is 5.02 Å². The molecular formula is C14H19ClN2O2S. The first-order valence-electron chi connectivity index (χ1n) is 7.01. The standard InChI is InChI=1S/C14H19ClN2O2S/c15-14-9-13(17-5-7-20(18,19)8-6-17)4-1-11(14)10-16-12-2-3-12/h1,4,9,12,16H,2-3,5-8,10H2. The summed E-state index contributed by atoms with van der Waals surface area (Å²) in [6, 6.07) is 6.69. The minimum absolute atomic E-state index is 0.232. The van der Waals surface area contributed by atoms with Gasteiger partial charge < -0.3 is 10.2 Å². The van der Waals surface area contributed by atoms with E-state index in [4.69, 9.17) is 11.6 Å². The van der Waals surface area contributed by atoms with E-state index >= 15 is 0 Å². The van der Waals surface area contributed by atoms with Crippen molar-refractivity contribution in [3.05, 3.63) is 28.8 Å². The van der Waals surface area contributed by atoms with Crippen molar-refractivity contribution in [2.45, 2.75) is 25.4 Å². The molecule has 0 spiro atoms. The van der Waals surface area contributed by atoms with Crippen molar-refractivity contribution in [1.29, 1.82) is 0 Å². The zero-order valence-corrected chi connectivity index (χ0v) is 12.9. The van der Waals surface area contributed by atoms with Crippen LogP contribution in [0.25, 0.3) is 0 Å². The molecule has 0 atom stereocenters. The Morgan fingerprint density at radius 1 is 1.25 bits per heavy atom. The van der Waals surface area contributed by atoms with Crippen LogP contribution in [0.1, 0.15) is 18.4 Å². The van der Waals surface area contributed by atoms with Gasteiger partial charge in [0.2, 0.25) is 0 Å². The Hall–Kier alpha value is -0.780. The van der Waals surface area contributed by atoms with Crippen LogP contribution in [0.15, 0.2) is 18.2 Å². The van der Waals surface area contributed by atoms with E-state index in [0.29, 0.717) is 19.1 Å². The van der Waals surface area contributed by atoms with Crippen molar-refractivity contribution in [3.63, 3.8) is 0 Å². The van der Waals surface area contributed by atoms with Crippen molar-refractivity contribution in [1.82, 2.24) is 5.32 Å². The molecule has 2 aliphatic rings. The third kappa shape index (κ3) is 3.45. The van der Waals surface area contributed by atoms with Crippen molar-refractivity contribution in [2.75, 3.05) is 29.5 Å². The van der Waals surface area contributed by atoms with Gasteiger partial charge in [-0.25, -0.2) is 8.42 Å². The normalized spacial score (nSPS) is 21.9. The molecule has 110 valence electrons. The van der Waals surface area contributed by atoms with E-state index in [1.807, 2.05) is 18.2 Å². The van der Waals surface area contributed by atoms with Gasteiger partial charge in [-0.15, -0.1) is 0 Å². The van der Waals surface area contributed by atoms with Crippen molar-refractivity contribution in [3.8, 4) is 0 Å². The van der Waals surface area contributed by atoms with Gasteiger partial charge in [0.1, 0.15) is 0 Å². The number of hydrogen-bond donors (Lipinski definition) is 1. The second-order valence-electron chi connectivity index (χ2n) is 5.57. The molecule has 1 N–H and O–H groups in total. The van der Waals surface area contributed by atoms with E-state index in [-0.39, 0.29) is 11.5 Å². The van der Waals surface area contributed by atoms with Gasteiger partial charge in [-0.05, 0) is 30.5 Å². The first-order valence-corrected chi connectivity index (χ1v) is 9.21. The minimum Gasteiger partial charge on any atom is -0.369 e. The first kappa shape index (κ1) is 14.2. The maximum absolute atomic E-state index is 11.4. The van der Waals surface area contributed by atoms with Crippen molar-refractivity contribution >= 4 is 27.1 Å². The zero-order valence-electron chi connectivity index (χ0n) is 11.3. The van der Waals surface area contributed by atoms with Crippen LogP contribution in [0.4, 0.5) is 5.69 Å². The third-order valence-electron chi connectivity index (χ3n) is 3.90. The Bertz CT molecular complexity index is 585. The molecule has 0 radical (unpaired) electrons. The molecule has 1 aliphatic heterocycles. The number of sulfone groups is 1. The number of benzene rings is 1. The molecule has 1 aromatic rings. The Kier molecular flexibility index (Phi) is 3.93. The van der Waals surface area contributed by atoms with Crippen LogP contribution < -0.4 is 10.2 Å². The maximum atomic E-state index is 11.4. The summed E-state index contributed by atoms with van der Waals surface area (Å²) in [7, 11) is -2.84. The highest BCUT2D eigenvalue weighted by molar-refractivity contribution is 7.91. The van der Waals surface area contributed by atoms with Crippen molar-refractivity contribution < 1.29 is 8.42 Å². The molecule has 1 saturated heterocycles. The molecule has 2 fully saturated rings. The maximum Gasteiger partial charge on any atom is 0.153 e. The monoisotopic (exact) mass is 314 g/mol. The molecule has 1 saturated carbocycles. The van der Waals surface area contributed by atoms with Crippen LogP contribution in [-0.2, 0) is 16.4 Å². The molecule has 4 nitrogen and oxygen atoms in total. The predicted molar refractivity (Wildman–Crippen MR) is 82.2 cm³/mol. The molecule has 1 aromatic carbocycles. The largest absolute Gasteiger partial charge is 0.369 e. The van der Waals surface area contributed by atoms with E-state index < -0.39 is 9.84 Å². The molecule has 0 amide bonds. The third-order valence-corrected chi connectivity index (χ3v) is 5.87. The molecule has 20 heavy (non-hydrogen) atoms. The van der Waals surface area contributed by atoms with Crippen LogP contribution in [0.5, 0.6) is 0 Å². The highest BCUT2D eigenvalue weighted by atomic mass is 35.5. The van der Waals surface area contributed by atoms with Gasteiger partial charge in [0.25, 0.3) is 0 Å². The lowest BCUT2D eigenvalue weighted by Crippen LogP contribution is -2.40. The van der Waals surface area contributed by atoms with E-state index in [2.05, 4.69) is 10.2 Å². The summed E-state index contributed by atoms with van der Waals surface area (Å²) in [5.74, 6) is 0.464. The van der Waals surface area contributed by atoms with E-state index in [1.165, 1.54) is 12.8 Å². The average Bonchev–Trinajstić information content (AvgIpc) is 3.21. The SMILES string of the molecule is O=S1(=O)CCN(c2ccc(CNC3CC3)c(Cl)c2)CC1. The van der Waals surface area contributed by atoms with Crippen LogP contribution >= 0.6 is 11.6 Å². The Labute approximate surface area is 125 Å². The van der Waals surface area contributed by atoms with Gasteiger partial charge in [0, 0.05) is 36.4 Å². The topological polar surface area (TPSA) is 49.4 Å². The predicted octanol–water partition coefficient (Wildman–Crippen LogP) is 1.83. The smallest absolute Gasteiger partial charge is 0.153 e. The summed E-state index contributed by atoms with van der Waals surface area (Å²) in [5, 5.41) is 4.20. The molecule has 1 aliphatic carbocycles. The zero-order chi connectivity index (χ0) is 14.2. The number of anilines is 1. The number of nitrogens with zero attached hydrogens (tertiary/aromatic N) is 1. The molecule has 6 heteroatoms. The number of rotatable bonds is 4. The highest BCUT2D eigenvalue weighted by Gasteiger charge is 2.23. The number of hydrogen-bond acceptors (Lipinski definition) is 4. The summed E-state index contributed by atoms with van der Waals surface area (Å²) < 4.78 is 22.9. The fraction of sp³-hybridized carbons (Fsp3) is 0.571. The summed E-state index contributed by atoms with van der Waals surface area (Å²) in [5.41, 5.74) is 2.12. The molecule has 0 bridgehead atoms. The highest BCUT2D eigenvalue weighted by Crippen LogP contribution is 2.26. The van der Waals surface area contributed by atoms with E-state index in [9.17, 15) is 8.42 Å². The summed E-state index contributed by atoms with van der Waals surface area (Å²) in [6.07, 6.45) is 2.52. The van der Waals surface area contributed by atoms with Crippen LogP contribution in [0, 0.1) is 0 Å². The lowest BCUT2D eigenvalue weighted by atomic mass is 10.2. The van der Waals surface area contributed by atoms with E-state index in [1.54, 1.807) is 0 Å². The van der Waals surface area contributed by atoms with Gasteiger partial charge >= 0.3 is 0 Å². The number of nitrogens with one attached hydrogen (secondary N) is 1. The molecule has 3 rings (SSSR count). The Balaban J connectivity index is 1.66. The molecular weight excluding hydrogens is 296 g/mol. The summed E-state index contributed by atoms with van der Waals surface area (Å²) in [6.45, 7) is 1.91. The fourth-order valence-corrected chi connectivity index (χ4v) is 3.83. The Morgan fingerprint density at radius 2 is 1.95 bits per heavy atom. The van der Waals surface area contributed by atoms with E-state index in [0.717, 1.165) is 22.8 Å². The lowest BCUT2D eigenvalue weighted by Gasteiger charge is -2.29. The van der Waals surface area contributed by atoms with Crippen LogP contribution in [-0.4, -0.2) is 39.1 Å². The lowest BCUT2D eigenvalue weighted by molar-refractivity contribution is 0.587. The number of halogens is 1. The van der Waals surface area contributed by atoms with Crippen molar-refractivity contribution in [2.24, 2.45) is 0 Å². The average molecular weight is 315 g/mol. The fourth-order valence-electron chi connectivity index (χ4n) is 2.39. The van der Waals surface area contributed by atoms with Gasteiger partial charge in [0.05, 0.1) is 11.5 Å². The summed E-state index contributed by atoms with van der Waals surface area (Å²) >= 11 is 6.32. The quantitative estimate of drug-likeness (QED) is 0.921. The van der Waals surface area contributed by atoms with Gasteiger partial charge in [-0.3, -0.25) is 0 Å². The molecule has 1 heterocycles. The second kappa shape index (κ2) is 5.54. The minimum atomic E-state index is -2.84. The summed E-state index contributed by atoms with van der Waals surface area (Å²) in [4.78, 5) is 2.09. The van der Waals surface area contributed by atoms with Gasteiger partial charge in [-0.1, -0.05) is 17.7 Å². The Morgan fingerprint density at radius 3 is 2.55 bits per heavy atom. The first-order chi connectivity index (χ1) is 9.53. The molecule has 0 aromatic heterocycles. The van der Waals surface area contributed by atoms with Gasteiger partial charge in [-0.2, -0.15) is 0 Å². The van der Waals surface area contributed by atoms with Crippen LogP contribution in [0.3, 0.4) is 0 Å². The van der Waals surface area contributed by atoms with Gasteiger partial charge in [0.15, 0.2) is 9.84 Å². The molecule has 0 unspecified atom stereocenters. The second-order valence-corrected chi connectivity index (χ2v) is 8.28.